The highest BCUT2D eigenvalue weighted by Gasteiger charge is 2.05. The van der Waals surface area contributed by atoms with Gasteiger partial charge in [-0.3, -0.25) is 5.01 Å². The lowest BCUT2D eigenvalue weighted by molar-refractivity contribution is 0.195. The van der Waals surface area contributed by atoms with E-state index in [1.54, 1.807) is 7.11 Å². The first-order valence-corrected chi connectivity index (χ1v) is 3.62. The molecule has 0 atom stereocenters. The molecule has 0 saturated heterocycles. The predicted octanol–water partition coefficient (Wildman–Crippen LogP) is -0.214. The second-order valence-electron chi connectivity index (χ2n) is 2.26. The Kier molecular flexibility index (Phi) is 3.49. The van der Waals surface area contributed by atoms with E-state index in [0.29, 0.717) is 19.2 Å². The molecule has 68 valence electrons. The van der Waals surface area contributed by atoms with Crippen LogP contribution in [-0.2, 0) is 4.74 Å². The number of ether oxygens (including phenoxy) is 1. The summed E-state index contributed by atoms with van der Waals surface area (Å²) in [6.07, 6.45) is 2.14. The minimum atomic E-state index is 0.325. The van der Waals surface area contributed by atoms with Crippen molar-refractivity contribution in [2.24, 2.45) is 5.84 Å². The van der Waals surface area contributed by atoms with Crippen LogP contribution < -0.4 is 10.9 Å². The third-order valence-electron chi connectivity index (χ3n) is 1.34. The molecule has 12 heavy (non-hydrogen) atoms. The van der Waals surface area contributed by atoms with Gasteiger partial charge in [0.2, 0.25) is 0 Å². The molecular formula is C6H12N4O2. The van der Waals surface area contributed by atoms with Gasteiger partial charge < -0.3 is 9.26 Å². The summed E-state index contributed by atoms with van der Waals surface area (Å²) < 4.78 is 9.59. The lowest BCUT2D eigenvalue weighted by Gasteiger charge is -2.11. The molecule has 1 aromatic heterocycles. The van der Waals surface area contributed by atoms with Gasteiger partial charge in [-0.05, 0) is 6.42 Å². The zero-order valence-electron chi connectivity index (χ0n) is 6.93. The average Bonchev–Trinajstić information content (AvgIpc) is 2.56. The van der Waals surface area contributed by atoms with Crippen LogP contribution in [0, 0.1) is 0 Å². The van der Waals surface area contributed by atoms with Crippen LogP contribution in [0.25, 0.3) is 0 Å². The van der Waals surface area contributed by atoms with Crippen LogP contribution in [-0.4, -0.2) is 30.4 Å². The molecule has 1 rings (SSSR count). The molecule has 1 heterocycles. The molecule has 0 spiro atoms. The molecule has 0 saturated carbocycles. The maximum absolute atomic E-state index is 5.56. The Morgan fingerprint density at radius 3 is 3.17 bits per heavy atom. The minimum Gasteiger partial charge on any atom is -0.385 e. The highest BCUT2D eigenvalue weighted by Crippen LogP contribution is 2.02. The average molecular weight is 172 g/mol. The van der Waals surface area contributed by atoms with Crippen LogP contribution >= 0.6 is 0 Å². The van der Waals surface area contributed by atoms with E-state index in [1.165, 1.54) is 11.3 Å². The van der Waals surface area contributed by atoms with Gasteiger partial charge in [-0.25, -0.2) is 5.84 Å². The largest absolute Gasteiger partial charge is 0.385 e. The number of hydrazine groups is 1. The number of hydrogen-bond donors (Lipinski definition) is 1. The maximum Gasteiger partial charge on any atom is 0.337 e. The lowest BCUT2D eigenvalue weighted by Crippen LogP contribution is -2.32. The molecule has 6 nitrogen and oxygen atoms in total. The molecule has 0 aliphatic heterocycles. The normalized spacial score (nSPS) is 10.2. The van der Waals surface area contributed by atoms with Crippen molar-refractivity contribution in [3.05, 3.63) is 6.33 Å². The van der Waals surface area contributed by atoms with Crippen molar-refractivity contribution in [3.63, 3.8) is 0 Å². The fraction of sp³-hybridized carbons (Fsp3) is 0.667. The van der Waals surface area contributed by atoms with E-state index in [9.17, 15) is 0 Å². The van der Waals surface area contributed by atoms with Crippen LogP contribution in [0.3, 0.4) is 0 Å². The van der Waals surface area contributed by atoms with Crippen LogP contribution in [0.4, 0.5) is 6.01 Å². The summed E-state index contributed by atoms with van der Waals surface area (Å²) in [6.45, 7) is 1.30. The molecule has 0 radical (unpaired) electrons. The van der Waals surface area contributed by atoms with Crippen LogP contribution in [0.5, 0.6) is 0 Å². The number of nitrogens with zero attached hydrogens (tertiary/aromatic N) is 3. The van der Waals surface area contributed by atoms with Gasteiger partial charge in [0.15, 0.2) is 6.33 Å². The fourth-order valence-electron chi connectivity index (χ4n) is 0.769. The van der Waals surface area contributed by atoms with Crippen molar-refractivity contribution >= 4 is 6.01 Å². The number of aromatic nitrogens is 2. The number of rotatable bonds is 5. The Balaban J connectivity index is 2.25. The molecule has 0 aliphatic carbocycles. The summed E-state index contributed by atoms with van der Waals surface area (Å²) in [4.78, 5) is 3.78. The highest BCUT2D eigenvalue weighted by molar-refractivity contribution is 5.18. The maximum atomic E-state index is 5.56. The molecule has 0 bridgehead atoms. The Labute approximate surface area is 70.3 Å². The SMILES string of the molecule is COCCCN(N)c1ncno1. The standard InChI is InChI=1S/C6H12N4O2/c1-11-4-2-3-10(7)6-8-5-9-12-6/h5H,2-4,7H2,1H3. The van der Waals surface area contributed by atoms with Gasteiger partial charge in [0.05, 0.1) is 0 Å². The van der Waals surface area contributed by atoms with Crippen molar-refractivity contribution in [1.29, 1.82) is 0 Å². The smallest absolute Gasteiger partial charge is 0.337 e. The summed E-state index contributed by atoms with van der Waals surface area (Å²) in [5.41, 5.74) is 0. The molecule has 0 unspecified atom stereocenters. The van der Waals surface area contributed by atoms with Crippen molar-refractivity contribution < 1.29 is 9.26 Å². The first kappa shape index (κ1) is 8.95. The lowest BCUT2D eigenvalue weighted by atomic mass is 10.4. The van der Waals surface area contributed by atoms with E-state index < -0.39 is 0 Å². The van der Waals surface area contributed by atoms with Crippen molar-refractivity contribution in [2.45, 2.75) is 6.42 Å². The highest BCUT2D eigenvalue weighted by atomic mass is 16.5. The van der Waals surface area contributed by atoms with E-state index in [-0.39, 0.29) is 0 Å². The first-order valence-electron chi connectivity index (χ1n) is 3.62. The van der Waals surface area contributed by atoms with E-state index in [1.807, 2.05) is 0 Å². The Morgan fingerprint density at radius 2 is 2.58 bits per heavy atom. The first-order chi connectivity index (χ1) is 5.84. The third-order valence-corrected chi connectivity index (χ3v) is 1.34. The second kappa shape index (κ2) is 4.68. The third kappa shape index (κ3) is 2.48. The van der Waals surface area contributed by atoms with Crippen LogP contribution in [0.2, 0.25) is 0 Å². The van der Waals surface area contributed by atoms with E-state index in [2.05, 4.69) is 10.1 Å². The van der Waals surface area contributed by atoms with E-state index >= 15 is 0 Å². The number of anilines is 1. The summed E-state index contributed by atoms with van der Waals surface area (Å²) in [6, 6.07) is 0.325. The molecule has 0 aromatic carbocycles. The summed E-state index contributed by atoms with van der Waals surface area (Å²) >= 11 is 0. The molecular weight excluding hydrogens is 160 g/mol. The molecule has 0 aliphatic rings. The summed E-state index contributed by atoms with van der Waals surface area (Å²) in [5.74, 6) is 5.56. The van der Waals surface area contributed by atoms with Gasteiger partial charge in [0.1, 0.15) is 0 Å². The van der Waals surface area contributed by atoms with Crippen molar-refractivity contribution in [2.75, 3.05) is 25.3 Å². The Morgan fingerprint density at radius 1 is 1.75 bits per heavy atom. The zero-order chi connectivity index (χ0) is 8.81. The van der Waals surface area contributed by atoms with Gasteiger partial charge in [0.25, 0.3) is 0 Å². The van der Waals surface area contributed by atoms with Crippen molar-refractivity contribution in [3.8, 4) is 0 Å². The van der Waals surface area contributed by atoms with Crippen LogP contribution in [0.1, 0.15) is 6.42 Å². The van der Waals surface area contributed by atoms with Gasteiger partial charge in [-0.1, -0.05) is 5.16 Å². The number of nitrogens with two attached hydrogens (primary N) is 1. The van der Waals surface area contributed by atoms with E-state index in [4.69, 9.17) is 15.1 Å². The summed E-state index contributed by atoms with van der Waals surface area (Å²) in [7, 11) is 1.65. The van der Waals surface area contributed by atoms with E-state index in [0.717, 1.165) is 6.42 Å². The molecule has 0 amide bonds. The minimum absolute atomic E-state index is 0.325. The molecule has 6 heteroatoms. The zero-order valence-corrected chi connectivity index (χ0v) is 6.93. The topological polar surface area (TPSA) is 77.4 Å². The Hall–Kier alpha value is -1.14. The van der Waals surface area contributed by atoms with Gasteiger partial charge in [-0.15, -0.1) is 0 Å². The fourth-order valence-corrected chi connectivity index (χ4v) is 0.769. The van der Waals surface area contributed by atoms with Crippen molar-refractivity contribution in [1.82, 2.24) is 10.1 Å². The van der Waals surface area contributed by atoms with Gasteiger partial charge in [-0.2, -0.15) is 4.98 Å². The molecule has 2 N–H and O–H groups in total. The predicted molar refractivity (Wildman–Crippen MR) is 42.3 cm³/mol. The van der Waals surface area contributed by atoms with Crippen LogP contribution in [0.15, 0.2) is 10.9 Å². The quantitative estimate of drug-likeness (QED) is 0.376. The monoisotopic (exact) mass is 172 g/mol. The Bertz CT molecular complexity index is 201. The second-order valence-corrected chi connectivity index (χ2v) is 2.26. The number of methoxy groups -OCH3 is 1. The summed E-state index contributed by atoms with van der Waals surface area (Å²) in [5, 5.41) is 4.83. The molecule has 0 fully saturated rings. The number of hydrogen-bond acceptors (Lipinski definition) is 6. The molecule has 1 aromatic rings. The van der Waals surface area contributed by atoms with Gasteiger partial charge >= 0.3 is 6.01 Å². The van der Waals surface area contributed by atoms with Gasteiger partial charge in [0, 0.05) is 20.3 Å².